The third-order valence-electron chi connectivity index (χ3n) is 3.32. The fourth-order valence-corrected chi connectivity index (χ4v) is 2.37. The Labute approximate surface area is 105 Å². The number of ketones is 1. The van der Waals surface area contributed by atoms with Crippen LogP contribution in [0.4, 0.5) is 0 Å². The van der Waals surface area contributed by atoms with Gasteiger partial charge in [-0.05, 0) is 48.6 Å². The topological polar surface area (TPSA) is 50.2 Å². The van der Waals surface area contributed by atoms with Crippen molar-refractivity contribution in [2.75, 3.05) is 0 Å². The molecule has 90 valence electrons. The number of fused-ring (bicyclic) bond motifs is 1. The molecule has 1 aromatic heterocycles. The molecule has 0 spiro atoms. The summed E-state index contributed by atoms with van der Waals surface area (Å²) in [6.45, 7) is 0. The van der Waals surface area contributed by atoms with Gasteiger partial charge in [-0.1, -0.05) is 12.1 Å². The van der Waals surface area contributed by atoms with Crippen molar-refractivity contribution in [1.29, 1.82) is 0 Å². The van der Waals surface area contributed by atoms with Crippen molar-refractivity contribution in [2.24, 2.45) is 0 Å². The number of phenolic OH excluding ortho intramolecular Hbond substituents is 1. The van der Waals surface area contributed by atoms with E-state index >= 15 is 0 Å². The number of benzene rings is 1. The Morgan fingerprint density at radius 2 is 2.00 bits per heavy atom. The van der Waals surface area contributed by atoms with E-state index in [4.69, 9.17) is 0 Å². The summed E-state index contributed by atoms with van der Waals surface area (Å²) in [6.07, 6.45) is 5.03. The number of nitrogens with zero attached hydrogens (tertiary/aromatic N) is 1. The van der Waals surface area contributed by atoms with E-state index in [1.165, 1.54) is 17.2 Å². The Balaban J connectivity index is 1.98. The van der Waals surface area contributed by atoms with Crippen molar-refractivity contribution in [3.05, 3.63) is 58.9 Å². The number of aryl methyl sites for hydroxylation is 2. The molecule has 0 radical (unpaired) electrons. The third kappa shape index (κ3) is 1.88. The van der Waals surface area contributed by atoms with Gasteiger partial charge in [0.1, 0.15) is 11.4 Å². The average molecular weight is 239 g/mol. The van der Waals surface area contributed by atoms with Gasteiger partial charge in [0.15, 0.2) is 0 Å². The van der Waals surface area contributed by atoms with E-state index in [2.05, 4.69) is 4.98 Å². The highest BCUT2D eigenvalue weighted by Crippen LogP contribution is 2.22. The van der Waals surface area contributed by atoms with Crippen LogP contribution in [0.2, 0.25) is 0 Å². The summed E-state index contributed by atoms with van der Waals surface area (Å²) in [5.41, 5.74) is 3.41. The molecule has 1 N–H and O–H groups in total. The van der Waals surface area contributed by atoms with E-state index in [-0.39, 0.29) is 11.5 Å². The molecule has 1 aliphatic carbocycles. The summed E-state index contributed by atoms with van der Waals surface area (Å²) in [5.74, 6) is -0.0392. The number of aromatic nitrogens is 1. The summed E-state index contributed by atoms with van der Waals surface area (Å²) in [7, 11) is 0. The first-order valence-corrected chi connectivity index (χ1v) is 6.05. The first-order valence-electron chi connectivity index (χ1n) is 6.05. The molecular formula is C15H13NO2. The van der Waals surface area contributed by atoms with Crippen LogP contribution in [0.3, 0.4) is 0 Å². The van der Waals surface area contributed by atoms with Crippen molar-refractivity contribution in [3.8, 4) is 5.75 Å². The molecule has 1 aliphatic rings. The molecule has 0 saturated heterocycles. The number of hydrogen-bond donors (Lipinski definition) is 1. The van der Waals surface area contributed by atoms with Crippen LogP contribution in [0, 0.1) is 0 Å². The quantitative estimate of drug-likeness (QED) is 0.819. The zero-order valence-electron chi connectivity index (χ0n) is 9.89. The minimum absolute atomic E-state index is 0.0991. The van der Waals surface area contributed by atoms with Crippen LogP contribution in [-0.4, -0.2) is 15.9 Å². The normalized spacial score (nSPS) is 13.3. The van der Waals surface area contributed by atoms with E-state index in [9.17, 15) is 9.90 Å². The van der Waals surface area contributed by atoms with Crippen molar-refractivity contribution >= 4 is 5.78 Å². The number of carbonyl (C=O) groups excluding carboxylic acids is 1. The molecule has 3 nitrogen and oxygen atoms in total. The van der Waals surface area contributed by atoms with Crippen LogP contribution in [0.5, 0.6) is 5.75 Å². The number of carbonyl (C=O) groups is 1. The number of pyridine rings is 1. The molecule has 2 aromatic rings. The molecule has 3 rings (SSSR count). The fraction of sp³-hybridized carbons (Fsp3) is 0.200. The molecule has 0 aliphatic heterocycles. The van der Waals surface area contributed by atoms with Crippen molar-refractivity contribution < 1.29 is 9.90 Å². The predicted molar refractivity (Wildman–Crippen MR) is 67.8 cm³/mol. The van der Waals surface area contributed by atoms with Crippen LogP contribution in [0.15, 0.2) is 36.5 Å². The smallest absolute Gasteiger partial charge is 0.211 e. The van der Waals surface area contributed by atoms with E-state index in [1.54, 1.807) is 24.4 Å². The first-order chi connectivity index (χ1) is 8.74. The largest absolute Gasteiger partial charge is 0.508 e. The van der Waals surface area contributed by atoms with Crippen molar-refractivity contribution in [3.63, 3.8) is 0 Å². The SMILES string of the molecule is O=C(c1cccc(O)c1)c1cc2c(cn1)CCC2. The summed E-state index contributed by atoms with van der Waals surface area (Å²) in [6, 6.07) is 8.26. The van der Waals surface area contributed by atoms with Crippen LogP contribution in [-0.2, 0) is 12.8 Å². The highest BCUT2D eigenvalue weighted by Gasteiger charge is 2.16. The Morgan fingerprint density at radius 3 is 2.83 bits per heavy atom. The van der Waals surface area contributed by atoms with Gasteiger partial charge in [0.25, 0.3) is 0 Å². The Morgan fingerprint density at radius 1 is 1.17 bits per heavy atom. The van der Waals surface area contributed by atoms with E-state index in [1.807, 2.05) is 6.07 Å². The standard InChI is InChI=1S/C15H13NO2/c17-13-6-2-4-11(7-13)15(18)14-8-10-3-1-5-12(10)9-16-14/h2,4,6-9,17H,1,3,5H2. The summed E-state index contributed by atoms with van der Waals surface area (Å²) < 4.78 is 0. The number of aromatic hydroxyl groups is 1. The molecule has 3 heteroatoms. The number of hydrogen-bond acceptors (Lipinski definition) is 3. The third-order valence-corrected chi connectivity index (χ3v) is 3.32. The zero-order valence-corrected chi connectivity index (χ0v) is 9.89. The van der Waals surface area contributed by atoms with Gasteiger partial charge >= 0.3 is 0 Å². The lowest BCUT2D eigenvalue weighted by Gasteiger charge is -2.04. The van der Waals surface area contributed by atoms with Gasteiger partial charge in [0, 0.05) is 11.8 Å². The van der Waals surface area contributed by atoms with E-state index in [0.717, 1.165) is 19.3 Å². The van der Waals surface area contributed by atoms with Gasteiger partial charge in [-0.15, -0.1) is 0 Å². The highest BCUT2D eigenvalue weighted by atomic mass is 16.3. The minimum atomic E-state index is -0.138. The van der Waals surface area contributed by atoms with Gasteiger partial charge in [0.2, 0.25) is 5.78 Å². The van der Waals surface area contributed by atoms with Gasteiger partial charge in [-0.25, -0.2) is 0 Å². The second kappa shape index (κ2) is 4.26. The van der Waals surface area contributed by atoms with Gasteiger partial charge < -0.3 is 5.11 Å². The Hall–Kier alpha value is -2.16. The van der Waals surface area contributed by atoms with Gasteiger partial charge in [-0.2, -0.15) is 0 Å². The van der Waals surface area contributed by atoms with Crippen molar-refractivity contribution in [1.82, 2.24) is 4.98 Å². The van der Waals surface area contributed by atoms with Crippen LogP contribution in [0.25, 0.3) is 0 Å². The molecule has 0 fully saturated rings. The summed E-state index contributed by atoms with van der Waals surface area (Å²) in [5, 5.41) is 9.39. The maximum Gasteiger partial charge on any atom is 0.211 e. The molecular weight excluding hydrogens is 226 g/mol. The van der Waals surface area contributed by atoms with E-state index < -0.39 is 0 Å². The molecule has 1 heterocycles. The first kappa shape index (κ1) is 11.0. The Bertz CT molecular complexity index is 620. The average Bonchev–Trinajstić information content (AvgIpc) is 2.85. The summed E-state index contributed by atoms with van der Waals surface area (Å²) >= 11 is 0. The van der Waals surface area contributed by atoms with Gasteiger partial charge in [-0.3, -0.25) is 9.78 Å². The fourth-order valence-electron chi connectivity index (χ4n) is 2.37. The second-order valence-corrected chi connectivity index (χ2v) is 4.57. The maximum atomic E-state index is 12.2. The zero-order chi connectivity index (χ0) is 12.5. The highest BCUT2D eigenvalue weighted by molar-refractivity contribution is 6.08. The monoisotopic (exact) mass is 239 g/mol. The molecule has 0 bridgehead atoms. The van der Waals surface area contributed by atoms with Gasteiger partial charge in [0.05, 0.1) is 0 Å². The van der Waals surface area contributed by atoms with Crippen LogP contribution < -0.4 is 0 Å². The lowest BCUT2D eigenvalue weighted by Crippen LogP contribution is -2.05. The van der Waals surface area contributed by atoms with Crippen LogP contribution in [0.1, 0.15) is 33.6 Å². The molecule has 0 amide bonds. The van der Waals surface area contributed by atoms with E-state index in [0.29, 0.717) is 11.3 Å². The minimum Gasteiger partial charge on any atom is -0.508 e. The maximum absolute atomic E-state index is 12.2. The molecule has 0 saturated carbocycles. The van der Waals surface area contributed by atoms with Crippen molar-refractivity contribution in [2.45, 2.75) is 19.3 Å². The number of phenols is 1. The predicted octanol–water partition coefficient (Wildman–Crippen LogP) is 2.51. The molecule has 1 aromatic carbocycles. The number of rotatable bonds is 2. The summed E-state index contributed by atoms with van der Waals surface area (Å²) in [4.78, 5) is 16.4. The molecule has 0 atom stereocenters. The molecule has 18 heavy (non-hydrogen) atoms. The van der Waals surface area contributed by atoms with Crippen LogP contribution >= 0.6 is 0 Å². The lowest BCUT2D eigenvalue weighted by atomic mass is 10.0. The second-order valence-electron chi connectivity index (χ2n) is 4.57. The lowest BCUT2D eigenvalue weighted by molar-refractivity contribution is 0.103. The molecule has 0 unspecified atom stereocenters. The Kier molecular flexibility index (Phi) is 2.59.